The molecule has 2 amide bonds. The van der Waals surface area contributed by atoms with E-state index in [9.17, 15) is 14.4 Å². The number of aliphatic hydroxyl groups is 1. The van der Waals surface area contributed by atoms with Crippen molar-refractivity contribution in [2.45, 2.75) is 19.1 Å². The molecule has 2 aromatic rings. The predicted octanol–water partition coefficient (Wildman–Crippen LogP) is 1.25. The molecule has 0 saturated heterocycles. The van der Waals surface area contributed by atoms with E-state index >= 15 is 0 Å². The average Bonchev–Trinajstić information content (AvgIpc) is 3.24. The molecule has 0 spiro atoms. The summed E-state index contributed by atoms with van der Waals surface area (Å²) in [5, 5.41) is 24.8. The SMILES string of the molecule is COCCCNC(=O)OCc1ccc(-c2nc(C(=O)N[C@@H](CO)C(=O)O)cs2)cc1. The number of hydrogen-bond acceptors (Lipinski definition) is 8. The molecule has 1 aromatic heterocycles. The number of ether oxygens (including phenoxy) is 2. The number of carboxylic acid groups (broad SMARTS) is 1. The molecule has 0 fully saturated rings. The highest BCUT2D eigenvalue weighted by Crippen LogP contribution is 2.24. The Morgan fingerprint density at radius 3 is 2.60 bits per heavy atom. The first kappa shape index (κ1) is 23.3. The lowest BCUT2D eigenvalue weighted by Crippen LogP contribution is -2.43. The number of alkyl carbamates (subject to hydrolysis) is 1. The van der Waals surface area contributed by atoms with Gasteiger partial charge in [0.2, 0.25) is 0 Å². The van der Waals surface area contributed by atoms with Gasteiger partial charge in [-0.15, -0.1) is 11.3 Å². The minimum absolute atomic E-state index is 0.0623. The number of nitrogens with one attached hydrogen (secondary N) is 2. The van der Waals surface area contributed by atoms with E-state index in [1.54, 1.807) is 31.4 Å². The van der Waals surface area contributed by atoms with Crippen molar-refractivity contribution in [3.8, 4) is 10.6 Å². The zero-order valence-corrected chi connectivity index (χ0v) is 17.1. The monoisotopic (exact) mass is 437 g/mol. The Labute approximate surface area is 176 Å². The highest BCUT2D eigenvalue weighted by atomic mass is 32.1. The van der Waals surface area contributed by atoms with Gasteiger partial charge in [0.1, 0.15) is 17.3 Å². The topological polar surface area (TPSA) is 147 Å². The number of nitrogens with zero attached hydrogens (tertiary/aromatic N) is 1. The molecule has 4 N–H and O–H groups in total. The average molecular weight is 437 g/mol. The molecule has 1 atom stereocenters. The van der Waals surface area contributed by atoms with E-state index in [-0.39, 0.29) is 12.3 Å². The zero-order valence-electron chi connectivity index (χ0n) is 16.3. The van der Waals surface area contributed by atoms with Crippen LogP contribution in [-0.2, 0) is 20.9 Å². The molecule has 1 heterocycles. The maximum Gasteiger partial charge on any atom is 0.407 e. The molecular weight excluding hydrogens is 414 g/mol. The Hall–Kier alpha value is -3.02. The molecule has 1 aromatic carbocycles. The van der Waals surface area contributed by atoms with Gasteiger partial charge in [-0.1, -0.05) is 24.3 Å². The Balaban J connectivity index is 1.88. The second-order valence-electron chi connectivity index (χ2n) is 6.13. The van der Waals surface area contributed by atoms with Gasteiger partial charge in [0.15, 0.2) is 6.04 Å². The Kier molecular flexibility index (Phi) is 9.19. The van der Waals surface area contributed by atoms with E-state index in [1.807, 2.05) is 0 Å². The number of rotatable bonds is 11. The van der Waals surface area contributed by atoms with Gasteiger partial charge in [-0.2, -0.15) is 0 Å². The molecule has 0 aliphatic rings. The number of thiazole rings is 1. The number of hydrogen-bond donors (Lipinski definition) is 4. The first-order chi connectivity index (χ1) is 14.4. The summed E-state index contributed by atoms with van der Waals surface area (Å²) >= 11 is 1.22. The fourth-order valence-electron chi connectivity index (χ4n) is 2.28. The molecular formula is C19H23N3O7S. The second kappa shape index (κ2) is 11.9. The summed E-state index contributed by atoms with van der Waals surface area (Å²) in [4.78, 5) is 38.8. The molecule has 0 radical (unpaired) electrons. The number of carboxylic acids is 1. The van der Waals surface area contributed by atoms with Crippen LogP contribution < -0.4 is 10.6 Å². The third-order valence-corrected chi connectivity index (χ3v) is 4.78. The van der Waals surface area contributed by atoms with Gasteiger partial charge in [0.05, 0.1) is 6.61 Å². The van der Waals surface area contributed by atoms with Crippen LogP contribution in [0.5, 0.6) is 0 Å². The zero-order chi connectivity index (χ0) is 21.9. The maximum atomic E-state index is 12.1. The van der Waals surface area contributed by atoms with Crippen molar-refractivity contribution in [1.29, 1.82) is 0 Å². The summed E-state index contributed by atoms with van der Waals surface area (Å²) in [6, 6.07) is 5.73. The van der Waals surface area contributed by atoms with Crippen LogP contribution in [0.3, 0.4) is 0 Å². The van der Waals surface area contributed by atoms with Crippen molar-refractivity contribution in [3.63, 3.8) is 0 Å². The highest BCUT2D eigenvalue weighted by molar-refractivity contribution is 7.13. The molecule has 10 nitrogen and oxygen atoms in total. The molecule has 0 saturated carbocycles. The van der Waals surface area contributed by atoms with Crippen LogP contribution >= 0.6 is 11.3 Å². The van der Waals surface area contributed by atoms with Crippen LogP contribution in [0.2, 0.25) is 0 Å². The van der Waals surface area contributed by atoms with Crippen LogP contribution in [0.25, 0.3) is 10.6 Å². The van der Waals surface area contributed by atoms with E-state index in [2.05, 4.69) is 15.6 Å². The van der Waals surface area contributed by atoms with Crippen molar-refractivity contribution < 1.29 is 34.1 Å². The van der Waals surface area contributed by atoms with Gasteiger partial charge in [-0.25, -0.2) is 14.6 Å². The van der Waals surface area contributed by atoms with Crippen molar-refractivity contribution >= 4 is 29.3 Å². The lowest BCUT2D eigenvalue weighted by atomic mass is 10.1. The molecule has 0 bridgehead atoms. The summed E-state index contributed by atoms with van der Waals surface area (Å²) in [7, 11) is 1.59. The number of amides is 2. The Morgan fingerprint density at radius 1 is 1.23 bits per heavy atom. The van der Waals surface area contributed by atoms with Gasteiger partial charge in [-0.3, -0.25) is 4.79 Å². The number of benzene rings is 1. The smallest absolute Gasteiger partial charge is 0.407 e. The minimum Gasteiger partial charge on any atom is -0.480 e. The third-order valence-electron chi connectivity index (χ3n) is 3.89. The summed E-state index contributed by atoms with van der Waals surface area (Å²) in [5.41, 5.74) is 1.60. The first-order valence-electron chi connectivity index (χ1n) is 9.03. The summed E-state index contributed by atoms with van der Waals surface area (Å²) < 4.78 is 10.0. The fraction of sp³-hybridized carbons (Fsp3) is 0.368. The molecule has 0 aliphatic carbocycles. The van der Waals surface area contributed by atoms with E-state index in [1.165, 1.54) is 16.7 Å². The van der Waals surface area contributed by atoms with Crippen LogP contribution in [0.1, 0.15) is 22.5 Å². The summed E-state index contributed by atoms with van der Waals surface area (Å²) in [6.07, 6.45) is 0.193. The lowest BCUT2D eigenvalue weighted by Gasteiger charge is -2.09. The van der Waals surface area contributed by atoms with Gasteiger partial charge in [-0.05, 0) is 12.0 Å². The minimum atomic E-state index is -1.39. The van der Waals surface area contributed by atoms with Crippen LogP contribution in [0, 0.1) is 0 Å². The predicted molar refractivity (Wildman–Crippen MR) is 108 cm³/mol. The highest BCUT2D eigenvalue weighted by Gasteiger charge is 2.21. The maximum absolute atomic E-state index is 12.1. The number of aliphatic hydroxyl groups excluding tert-OH is 1. The van der Waals surface area contributed by atoms with E-state index in [0.29, 0.717) is 24.6 Å². The number of carbonyl (C=O) groups excluding carboxylic acids is 2. The van der Waals surface area contributed by atoms with Crippen molar-refractivity contribution in [2.24, 2.45) is 0 Å². The van der Waals surface area contributed by atoms with E-state index in [0.717, 1.165) is 11.1 Å². The fourth-order valence-corrected chi connectivity index (χ4v) is 3.08. The molecule has 0 unspecified atom stereocenters. The van der Waals surface area contributed by atoms with E-state index in [4.69, 9.17) is 19.7 Å². The number of aromatic nitrogens is 1. The van der Waals surface area contributed by atoms with Gasteiger partial charge < -0.3 is 30.3 Å². The number of aliphatic carboxylic acids is 1. The summed E-state index contributed by atoms with van der Waals surface area (Å²) in [6.45, 7) is 0.424. The van der Waals surface area contributed by atoms with Crippen LogP contribution in [0.4, 0.5) is 4.79 Å². The third kappa shape index (κ3) is 7.10. The lowest BCUT2D eigenvalue weighted by molar-refractivity contribution is -0.140. The number of methoxy groups -OCH3 is 1. The van der Waals surface area contributed by atoms with Gasteiger partial charge in [0.25, 0.3) is 5.91 Å². The molecule has 2 rings (SSSR count). The van der Waals surface area contributed by atoms with Crippen LogP contribution in [-0.4, -0.2) is 66.1 Å². The normalized spacial score (nSPS) is 11.5. The summed E-state index contributed by atoms with van der Waals surface area (Å²) in [5.74, 6) is -2.01. The van der Waals surface area contributed by atoms with Crippen molar-refractivity contribution in [3.05, 3.63) is 40.9 Å². The van der Waals surface area contributed by atoms with Gasteiger partial charge in [0, 0.05) is 31.2 Å². The molecule has 11 heteroatoms. The largest absolute Gasteiger partial charge is 0.480 e. The van der Waals surface area contributed by atoms with Crippen LogP contribution in [0.15, 0.2) is 29.6 Å². The van der Waals surface area contributed by atoms with Crippen molar-refractivity contribution in [1.82, 2.24) is 15.6 Å². The second-order valence-corrected chi connectivity index (χ2v) is 6.99. The molecule has 162 valence electrons. The van der Waals surface area contributed by atoms with Gasteiger partial charge >= 0.3 is 12.1 Å². The molecule has 0 aliphatic heterocycles. The van der Waals surface area contributed by atoms with Crippen molar-refractivity contribution in [2.75, 3.05) is 26.9 Å². The number of carbonyl (C=O) groups is 3. The quantitative estimate of drug-likeness (QED) is 0.384. The Morgan fingerprint density at radius 2 is 1.97 bits per heavy atom. The standard InChI is InChI=1S/C19H23N3O7S/c1-28-8-2-7-20-19(27)29-10-12-3-5-13(6-4-12)17-22-15(11-30-17)16(24)21-14(9-23)18(25)26/h3-6,11,14,23H,2,7-10H2,1H3,(H,20,27)(H,21,24)(H,25,26)/t14-/m0/s1. The molecule has 30 heavy (non-hydrogen) atoms. The van der Waals surface area contributed by atoms with E-state index < -0.39 is 30.6 Å². The Bertz CT molecular complexity index is 854. The first-order valence-corrected chi connectivity index (χ1v) is 9.91.